The minimum atomic E-state index is -3.72. The van der Waals surface area contributed by atoms with Crippen LogP contribution in [0.4, 0.5) is 20.2 Å². The Bertz CT molecular complexity index is 1240. The van der Waals surface area contributed by atoms with Gasteiger partial charge in [0.1, 0.15) is 22.2 Å². The fraction of sp³-hybridized carbons (Fsp3) is 0.286. The number of ether oxygens (including phenoxy) is 1. The van der Waals surface area contributed by atoms with Crippen molar-refractivity contribution < 1.29 is 17.5 Å². The number of nitrogens with zero attached hydrogens (tertiary/aromatic N) is 4. The van der Waals surface area contributed by atoms with Crippen molar-refractivity contribution in [2.75, 3.05) is 25.9 Å². The van der Waals surface area contributed by atoms with Crippen LogP contribution in [0.5, 0.6) is 5.75 Å². The minimum absolute atomic E-state index is 0.0564. The Kier molecular flexibility index (Phi) is 6.49. The molecule has 4 rings (SSSR count). The van der Waals surface area contributed by atoms with E-state index in [9.17, 15) is 12.8 Å². The summed E-state index contributed by atoms with van der Waals surface area (Å²) in [6.07, 6.45) is 2.69. The first-order valence-electron chi connectivity index (χ1n) is 10.0. The maximum Gasteiger partial charge on any atom is 0.246 e. The van der Waals surface area contributed by atoms with Crippen LogP contribution in [0.25, 0.3) is 11.3 Å². The summed E-state index contributed by atoms with van der Waals surface area (Å²) >= 11 is 1.13. The molecular formula is C21H22FN5O3S2. The molecule has 8 nitrogen and oxygen atoms in total. The molecule has 0 bridgehead atoms. The number of halogens is 1. The monoisotopic (exact) mass is 475 g/mol. The lowest BCUT2D eigenvalue weighted by atomic mass is 10.1. The van der Waals surface area contributed by atoms with Crippen molar-refractivity contribution in [3.8, 4) is 17.0 Å². The molecule has 0 amide bonds. The standard InChI is InChI=1S/C21H22FN5O3S2/c1-30-17-10-9-16(13-18(17)32(28,29)27-11-3-2-4-12-27)25-26-20-19(24-21(23)31-20)14-5-7-15(22)8-6-14/h5-10,13H,2-4,11-12H2,1H3,(H2,23,24). The van der Waals surface area contributed by atoms with Gasteiger partial charge in [0, 0.05) is 18.7 Å². The Labute approximate surface area is 189 Å². The van der Waals surface area contributed by atoms with Gasteiger partial charge in [-0.3, -0.25) is 0 Å². The number of azo groups is 1. The fourth-order valence-electron chi connectivity index (χ4n) is 3.47. The van der Waals surface area contributed by atoms with Crippen molar-refractivity contribution in [2.24, 2.45) is 10.2 Å². The van der Waals surface area contributed by atoms with Gasteiger partial charge >= 0.3 is 0 Å². The van der Waals surface area contributed by atoms with E-state index in [1.165, 1.54) is 29.6 Å². The molecule has 2 N–H and O–H groups in total. The molecular weight excluding hydrogens is 453 g/mol. The van der Waals surface area contributed by atoms with E-state index >= 15 is 0 Å². The lowest BCUT2D eigenvalue weighted by Crippen LogP contribution is -2.35. The second kappa shape index (κ2) is 9.31. The predicted octanol–water partition coefficient (Wildman–Crippen LogP) is 5.13. The van der Waals surface area contributed by atoms with Gasteiger partial charge in [0.2, 0.25) is 10.0 Å². The number of sulfonamides is 1. The number of rotatable bonds is 6. The van der Waals surface area contributed by atoms with Gasteiger partial charge in [0.15, 0.2) is 10.1 Å². The minimum Gasteiger partial charge on any atom is -0.495 e. The molecule has 32 heavy (non-hydrogen) atoms. The number of hydrogen-bond donors (Lipinski definition) is 1. The summed E-state index contributed by atoms with van der Waals surface area (Å²) < 4.78 is 46.4. The predicted molar refractivity (Wildman–Crippen MR) is 122 cm³/mol. The first-order valence-corrected chi connectivity index (χ1v) is 12.3. The Morgan fingerprint density at radius 3 is 2.50 bits per heavy atom. The average molecular weight is 476 g/mol. The first kappa shape index (κ1) is 22.3. The van der Waals surface area contributed by atoms with E-state index < -0.39 is 10.0 Å². The van der Waals surface area contributed by atoms with E-state index in [0.29, 0.717) is 40.2 Å². The van der Waals surface area contributed by atoms with E-state index in [2.05, 4.69) is 15.2 Å². The van der Waals surface area contributed by atoms with Gasteiger partial charge in [-0.15, -0.1) is 10.2 Å². The molecule has 0 radical (unpaired) electrons. The summed E-state index contributed by atoms with van der Waals surface area (Å²) in [5, 5.41) is 9.19. The van der Waals surface area contributed by atoms with Crippen molar-refractivity contribution in [1.82, 2.24) is 9.29 Å². The van der Waals surface area contributed by atoms with Crippen LogP contribution < -0.4 is 10.5 Å². The van der Waals surface area contributed by atoms with Crippen LogP contribution in [0.1, 0.15) is 19.3 Å². The number of anilines is 1. The van der Waals surface area contributed by atoms with E-state index in [-0.39, 0.29) is 16.5 Å². The topological polar surface area (TPSA) is 110 Å². The van der Waals surface area contributed by atoms with Crippen molar-refractivity contribution in [3.63, 3.8) is 0 Å². The highest BCUT2D eigenvalue weighted by Crippen LogP contribution is 2.38. The van der Waals surface area contributed by atoms with E-state index in [1.54, 1.807) is 24.3 Å². The van der Waals surface area contributed by atoms with Crippen molar-refractivity contribution in [3.05, 3.63) is 48.3 Å². The molecule has 0 saturated carbocycles. The molecule has 11 heteroatoms. The molecule has 3 aromatic rings. The number of nitrogen functional groups attached to an aromatic ring is 1. The first-order chi connectivity index (χ1) is 15.4. The SMILES string of the molecule is COc1ccc(N=Nc2sc(N)nc2-c2ccc(F)cc2)cc1S(=O)(=O)N1CCCCC1. The van der Waals surface area contributed by atoms with Crippen LogP contribution in [-0.4, -0.2) is 37.9 Å². The normalized spacial score (nSPS) is 15.3. The molecule has 2 aromatic carbocycles. The van der Waals surface area contributed by atoms with Gasteiger partial charge in [-0.05, 0) is 55.3 Å². The molecule has 168 valence electrons. The van der Waals surface area contributed by atoms with Crippen molar-refractivity contribution in [2.45, 2.75) is 24.2 Å². The smallest absolute Gasteiger partial charge is 0.246 e. The summed E-state index contributed by atoms with van der Waals surface area (Å²) in [5.41, 5.74) is 7.32. The Morgan fingerprint density at radius 2 is 1.81 bits per heavy atom. The number of aromatic nitrogens is 1. The summed E-state index contributed by atoms with van der Waals surface area (Å²) in [7, 11) is -2.29. The van der Waals surface area contributed by atoms with Gasteiger partial charge in [0.05, 0.1) is 12.8 Å². The number of hydrogen-bond acceptors (Lipinski definition) is 8. The highest BCUT2D eigenvalue weighted by atomic mass is 32.2. The number of methoxy groups -OCH3 is 1. The number of nitrogens with two attached hydrogens (primary N) is 1. The molecule has 0 atom stereocenters. The Balaban J connectivity index is 1.67. The van der Waals surface area contributed by atoms with E-state index in [0.717, 1.165) is 30.6 Å². The van der Waals surface area contributed by atoms with Crippen molar-refractivity contribution in [1.29, 1.82) is 0 Å². The third-order valence-corrected chi connectivity index (χ3v) is 7.77. The third-order valence-electron chi connectivity index (χ3n) is 5.08. The van der Waals surface area contributed by atoms with Crippen LogP contribution >= 0.6 is 11.3 Å². The lowest BCUT2D eigenvalue weighted by molar-refractivity contribution is 0.343. The summed E-state index contributed by atoms with van der Waals surface area (Å²) in [5.74, 6) is -0.107. The molecule has 2 heterocycles. The summed E-state index contributed by atoms with van der Waals surface area (Å²) in [6.45, 7) is 0.969. The number of piperidine rings is 1. The highest BCUT2D eigenvalue weighted by molar-refractivity contribution is 7.89. The van der Waals surface area contributed by atoms with Crippen LogP contribution in [0.15, 0.2) is 57.6 Å². The van der Waals surface area contributed by atoms with Gasteiger partial charge in [0.25, 0.3) is 0 Å². The molecule has 1 saturated heterocycles. The van der Waals surface area contributed by atoms with Gasteiger partial charge in [-0.2, -0.15) is 4.31 Å². The quantitative estimate of drug-likeness (QED) is 0.497. The number of thiazole rings is 1. The van der Waals surface area contributed by atoms with Gasteiger partial charge in [-0.1, -0.05) is 17.8 Å². The second-order valence-electron chi connectivity index (χ2n) is 7.21. The van der Waals surface area contributed by atoms with Gasteiger partial charge in [-0.25, -0.2) is 17.8 Å². The zero-order valence-electron chi connectivity index (χ0n) is 17.4. The van der Waals surface area contributed by atoms with Crippen LogP contribution in [-0.2, 0) is 10.0 Å². The van der Waals surface area contributed by atoms with Gasteiger partial charge < -0.3 is 10.5 Å². The highest BCUT2D eigenvalue weighted by Gasteiger charge is 2.29. The maximum absolute atomic E-state index is 13.3. The number of benzene rings is 2. The molecule has 0 unspecified atom stereocenters. The van der Waals surface area contributed by atoms with Crippen molar-refractivity contribution >= 4 is 37.2 Å². The average Bonchev–Trinajstić information content (AvgIpc) is 3.19. The molecule has 0 spiro atoms. The molecule has 0 aliphatic carbocycles. The van der Waals surface area contributed by atoms with E-state index in [1.807, 2.05) is 0 Å². The molecule has 1 aliphatic rings. The Hall–Kier alpha value is -2.89. The lowest BCUT2D eigenvalue weighted by Gasteiger charge is -2.26. The zero-order valence-corrected chi connectivity index (χ0v) is 19.0. The Morgan fingerprint density at radius 1 is 1.09 bits per heavy atom. The van der Waals surface area contributed by atoms with E-state index in [4.69, 9.17) is 10.5 Å². The molecule has 1 fully saturated rings. The third kappa shape index (κ3) is 4.64. The molecule has 1 aliphatic heterocycles. The zero-order chi connectivity index (χ0) is 22.7. The van der Waals surface area contributed by atoms with Crippen LogP contribution in [0, 0.1) is 5.82 Å². The maximum atomic E-state index is 13.3. The summed E-state index contributed by atoms with van der Waals surface area (Å²) in [4.78, 5) is 4.32. The van der Waals surface area contributed by atoms with Crippen LogP contribution in [0.3, 0.4) is 0 Å². The largest absolute Gasteiger partial charge is 0.495 e. The van der Waals surface area contributed by atoms with Crippen LogP contribution in [0.2, 0.25) is 0 Å². The fourth-order valence-corrected chi connectivity index (χ4v) is 5.84. The summed E-state index contributed by atoms with van der Waals surface area (Å²) in [6, 6.07) is 10.5. The molecule has 1 aromatic heterocycles. The second-order valence-corrected chi connectivity index (χ2v) is 10.1.